The molecule has 0 radical (unpaired) electrons. The average Bonchev–Trinajstić information content (AvgIpc) is 2.56. The van der Waals surface area contributed by atoms with Gasteiger partial charge in [0.25, 0.3) is 0 Å². The number of nitrogens with one attached hydrogen (secondary N) is 2. The molecular weight excluding hydrogens is 332 g/mol. The van der Waals surface area contributed by atoms with Crippen LogP contribution in [0.1, 0.15) is 18.5 Å². The third-order valence-corrected chi connectivity index (χ3v) is 3.99. The third kappa shape index (κ3) is 4.06. The van der Waals surface area contributed by atoms with Crippen LogP contribution in [0.3, 0.4) is 0 Å². The maximum atomic E-state index is 5.87. The minimum Gasteiger partial charge on any atom is -0.486 e. The first-order valence-electron chi connectivity index (χ1n) is 7.34. The highest BCUT2D eigenvalue weighted by molar-refractivity contribution is 7.80. The lowest BCUT2D eigenvalue weighted by Crippen LogP contribution is -2.31. The minimum absolute atomic E-state index is 0.0399. The smallest absolute Gasteiger partial charge is 0.171 e. The predicted molar refractivity (Wildman–Crippen MR) is 96.7 cm³/mol. The second-order valence-electron chi connectivity index (χ2n) is 5.23. The topological polar surface area (TPSA) is 42.5 Å². The summed E-state index contributed by atoms with van der Waals surface area (Å²) in [4.78, 5) is 0. The van der Waals surface area contributed by atoms with E-state index in [1.807, 2.05) is 49.4 Å². The average molecular weight is 349 g/mol. The molecule has 2 aromatic carbocycles. The predicted octanol–water partition coefficient (Wildman–Crippen LogP) is 4.16. The van der Waals surface area contributed by atoms with Gasteiger partial charge in [0.2, 0.25) is 0 Å². The van der Waals surface area contributed by atoms with Gasteiger partial charge in [0.1, 0.15) is 13.2 Å². The van der Waals surface area contributed by atoms with E-state index in [0.29, 0.717) is 23.3 Å². The summed E-state index contributed by atoms with van der Waals surface area (Å²) in [5.41, 5.74) is 1.97. The molecule has 1 heterocycles. The van der Waals surface area contributed by atoms with Gasteiger partial charge in [-0.3, -0.25) is 0 Å². The van der Waals surface area contributed by atoms with Crippen molar-refractivity contribution in [1.29, 1.82) is 0 Å². The lowest BCUT2D eigenvalue weighted by atomic mass is 10.1. The van der Waals surface area contributed by atoms with Crippen molar-refractivity contribution in [2.75, 3.05) is 18.5 Å². The van der Waals surface area contributed by atoms with Gasteiger partial charge in [-0.15, -0.1) is 0 Å². The van der Waals surface area contributed by atoms with E-state index in [-0.39, 0.29) is 6.04 Å². The highest BCUT2D eigenvalue weighted by Crippen LogP contribution is 2.32. The third-order valence-electron chi connectivity index (χ3n) is 3.52. The van der Waals surface area contributed by atoms with Crippen LogP contribution in [0.5, 0.6) is 11.5 Å². The van der Waals surface area contributed by atoms with Gasteiger partial charge in [0, 0.05) is 10.7 Å². The molecule has 0 amide bonds. The SMILES string of the molecule is C[C@@H](NC(=S)Nc1ccc(Cl)cc1)c1ccc2c(c1)OCCO2. The molecule has 1 aliphatic heterocycles. The maximum absolute atomic E-state index is 5.87. The van der Waals surface area contributed by atoms with E-state index in [4.69, 9.17) is 33.3 Å². The normalized spacial score (nSPS) is 14.0. The standard InChI is InChI=1S/C17H17ClN2O2S/c1-11(12-2-7-15-16(10-12)22-9-8-21-15)19-17(23)20-14-5-3-13(18)4-6-14/h2-7,10-11H,8-9H2,1H3,(H2,19,20,23)/t11-/m1/s1. The van der Waals surface area contributed by atoms with Crippen LogP contribution < -0.4 is 20.1 Å². The van der Waals surface area contributed by atoms with Crippen molar-refractivity contribution in [2.45, 2.75) is 13.0 Å². The number of rotatable bonds is 3. The van der Waals surface area contributed by atoms with E-state index in [1.165, 1.54) is 0 Å². The molecule has 0 bridgehead atoms. The molecule has 0 saturated heterocycles. The largest absolute Gasteiger partial charge is 0.486 e. The number of hydrogen-bond donors (Lipinski definition) is 2. The second kappa shape index (κ2) is 7.06. The number of benzene rings is 2. The Bertz CT molecular complexity index is 706. The highest BCUT2D eigenvalue weighted by atomic mass is 35.5. The van der Waals surface area contributed by atoms with Gasteiger partial charge in [0.15, 0.2) is 16.6 Å². The van der Waals surface area contributed by atoms with Crippen molar-refractivity contribution in [1.82, 2.24) is 5.32 Å². The van der Waals surface area contributed by atoms with Crippen molar-refractivity contribution in [3.63, 3.8) is 0 Å². The fourth-order valence-corrected chi connectivity index (χ4v) is 2.73. The first kappa shape index (κ1) is 15.9. The molecule has 120 valence electrons. The number of hydrogen-bond acceptors (Lipinski definition) is 3. The lowest BCUT2D eigenvalue weighted by molar-refractivity contribution is 0.171. The number of halogens is 1. The second-order valence-corrected chi connectivity index (χ2v) is 6.07. The van der Waals surface area contributed by atoms with Gasteiger partial charge in [-0.2, -0.15) is 0 Å². The fourth-order valence-electron chi connectivity index (χ4n) is 2.31. The summed E-state index contributed by atoms with van der Waals surface area (Å²) in [7, 11) is 0. The summed E-state index contributed by atoms with van der Waals surface area (Å²) in [6.07, 6.45) is 0. The Labute approximate surface area is 145 Å². The van der Waals surface area contributed by atoms with Crippen LogP contribution >= 0.6 is 23.8 Å². The molecule has 0 unspecified atom stereocenters. The number of ether oxygens (including phenoxy) is 2. The molecule has 0 spiro atoms. The minimum atomic E-state index is 0.0399. The Hall–Kier alpha value is -1.98. The van der Waals surface area contributed by atoms with Gasteiger partial charge in [0.05, 0.1) is 6.04 Å². The summed E-state index contributed by atoms with van der Waals surface area (Å²) < 4.78 is 11.1. The molecule has 0 fully saturated rings. The molecule has 1 aliphatic rings. The summed E-state index contributed by atoms with van der Waals surface area (Å²) in [6, 6.07) is 13.4. The van der Waals surface area contributed by atoms with Crippen molar-refractivity contribution in [3.05, 3.63) is 53.1 Å². The van der Waals surface area contributed by atoms with E-state index in [1.54, 1.807) is 0 Å². The Morgan fingerprint density at radius 2 is 1.78 bits per heavy atom. The van der Waals surface area contributed by atoms with Crippen LogP contribution in [-0.2, 0) is 0 Å². The van der Waals surface area contributed by atoms with Gasteiger partial charge in [-0.1, -0.05) is 17.7 Å². The van der Waals surface area contributed by atoms with Crippen molar-refractivity contribution < 1.29 is 9.47 Å². The van der Waals surface area contributed by atoms with Crippen LogP contribution in [0.15, 0.2) is 42.5 Å². The molecular formula is C17H17ClN2O2S. The quantitative estimate of drug-likeness (QED) is 0.815. The summed E-state index contributed by atoms with van der Waals surface area (Å²) in [6.45, 7) is 3.21. The Morgan fingerprint density at radius 1 is 1.09 bits per heavy atom. The van der Waals surface area contributed by atoms with E-state index < -0.39 is 0 Å². The summed E-state index contributed by atoms with van der Waals surface area (Å²) >= 11 is 11.2. The first-order valence-corrected chi connectivity index (χ1v) is 8.13. The number of anilines is 1. The lowest BCUT2D eigenvalue weighted by Gasteiger charge is -2.22. The molecule has 6 heteroatoms. The molecule has 3 rings (SSSR count). The number of fused-ring (bicyclic) bond motifs is 1. The van der Waals surface area contributed by atoms with Crippen molar-refractivity contribution in [2.24, 2.45) is 0 Å². The Balaban J connectivity index is 1.63. The Morgan fingerprint density at radius 3 is 2.52 bits per heavy atom. The zero-order chi connectivity index (χ0) is 16.2. The van der Waals surface area contributed by atoms with E-state index in [0.717, 1.165) is 22.7 Å². The zero-order valence-corrected chi connectivity index (χ0v) is 14.2. The zero-order valence-electron chi connectivity index (χ0n) is 12.6. The molecule has 0 saturated carbocycles. The van der Waals surface area contributed by atoms with E-state index in [9.17, 15) is 0 Å². The maximum Gasteiger partial charge on any atom is 0.171 e. The van der Waals surface area contributed by atoms with Crippen LogP contribution in [0.4, 0.5) is 5.69 Å². The van der Waals surface area contributed by atoms with Crippen LogP contribution in [-0.4, -0.2) is 18.3 Å². The fraction of sp³-hybridized carbons (Fsp3) is 0.235. The highest BCUT2D eigenvalue weighted by Gasteiger charge is 2.15. The van der Waals surface area contributed by atoms with Crippen LogP contribution in [0.25, 0.3) is 0 Å². The monoisotopic (exact) mass is 348 g/mol. The molecule has 2 N–H and O–H groups in total. The Kier molecular flexibility index (Phi) is 4.88. The summed E-state index contributed by atoms with van der Waals surface area (Å²) in [5, 5.41) is 7.64. The van der Waals surface area contributed by atoms with E-state index in [2.05, 4.69) is 10.6 Å². The molecule has 4 nitrogen and oxygen atoms in total. The van der Waals surface area contributed by atoms with Crippen LogP contribution in [0, 0.1) is 0 Å². The molecule has 23 heavy (non-hydrogen) atoms. The first-order chi connectivity index (χ1) is 11.1. The van der Waals surface area contributed by atoms with Gasteiger partial charge >= 0.3 is 0 Å². The van der Waals surface area contributed by atoms with E-state index >= 15 is 0 Å². The molecule has 0 aromatic heterocycles. The molecule has 0 aliphatic carbocycles. The van der Waals surface area contributed by atoms with Crippen molar-refractivity contribution in [3.8, 4) is 11.5 Å². The van der Waals surface area contributed by atoms with Crippen molar-refractivity contribution >= 4 is 34.6 Å². The number of thiocarbonyl (C=S) groups is 1. The molecule has 2 aromatic rings. The van der Waals surface area contributed by atoms with Gasteiger partial charge < -0.3 is 20.1 Å². The molecule has 1 atom stereocenters. The van der Waals surface area contributed by atoms with Crippen LogP contribution in [0.2, 0.25) is 5.02 Å². The van der Waals surface area contributed by atoms with Gasteiger partial charge in [-0.05, 0) is 61.1 Å². The van der Waals surface area contributed by atoms with Gasteiger partial charge in [-0.25, -0.2) is 0 Å². The summed E-state index contributed by atoms with van der Waals surface area (Å²) in [5.74, 6) is 1.56.